The van der Waals surface area contributed by atoms with Gasteiger partial charge in [0.25, 0.3) is 5.91 Å². The molecule has 1 aliphatic heterocycles. The molecule has 0 bridgehead atoms. The molecule has 0 radical (unpaired) electrons. The summed E-state index contributed by atoms with van der Waals surface area (Å²) in [5.74, 6) is 0.815. The van der Waals surface area contributed by atoms with Gasteiger partial charge in [0.2, 0.25) is 5.91 Å². The van der Waals surface area contributed by atoms with Crippen LogP contribution in [0.15, 0.2) is 42.5 Å². The van der Waals surface area contributed by atoms with Crippen LogP contribution in [0.1, 0.15) is 49.0 Å². The minimum atomic E-state index is -0.804. The van der Waals surface area contributed by atoms with Crippen molar-refractivity contribution >= 4 is 23.4 Å². The molecular weight excluding hydrogens is 444 g/mol. The molecule has 1 heterocycles. The Morgan fingerprint density at radius 3 is 2.39 bits per heavy atom. The van der Waals surface area contributed by atoms with Crippen LogP contribution < -0.4 is 20.3 Å². The second-order valence-electron chi connectivity index (χ2n) is 8.51. The van der Waals surface area contributed by atoms with E-state index in [1.54, 1.807) is 30.3 Å². The number of hydrogen-bond donors (Lipinski definition) is 2. The van der Waals surface area contributed by atoms with Crippen LogP contribution in [0.25, 0.3) is 0 Å². The molecule has 7 nitrogen and oxygen atoms in total. The van der Waals surface area contributed by atoms with Crippen molar-refractivity contribution in [2.24, 2.45) is 5.92 Å². The van der Waals surface area contributed by atoms with E-state index in [0.717, 1.165) is 12.0 Å². The number of ether oxygens (including phenoxy) is 3. The van der Waals surface area contributed by atoms with Crippen molar-refractivity contribution in [3.05, 3.63) is 58.6 Å². The van der Waals surface area contributed by atoms with Gasteiger partial charge in [0.05, 0.1) is 19.1 Å². The summed E-state index contributed by atoms with van der Waals surface area (Å²) in [6, 6.07) is 12.1. The SMILES string of the molecule is COc1cc(C(=O)NNC(=O)C2(c3ccc(Cl)cc3)CCOCC2)ccc1OCCC(C)C. The Morgan fingerprint density at radius 1 is 1.06 bits per heavy atom. The van der Waals surface area contributed by atoms with Crippen molar-refractivity contribution < 1.29 is 23.8 Å². The summed E-state index contributed by atoms with van der Waals surface area (Å²) >= 11 is 6.02. The second kappa shape index (κ2) is 11.4. The van der Waals surface area contributed by atoms with Crippen LogP contribution in [0.5, 0.6) is 11.5 Å². The van der Waals surface area contributed by atoms with Gasteiger partial charge in [-0.1, -0.05) is 37.6 Å². The van der Waals surface area contributed by atoms with E-state index in [2.05, 4.69) is 24.7 Å². The van der Waals surface area contributed by atoms with E-state index in [1.165, 1.54) is 7.11 Å². The molecular formula is C25H31ClN2O5. The maximum absolute atomic E-state index is 13.2. The maximum Gasteiger partial charge on any atom is 0.269 e. The highest BCUT2D eigenvalue weighted by molar-refractivity contribution is 6.30. The molecule has 2 aromatic carbocycles. The first kappa shape index (κ1) is 24.9. The smallest absolute Gasteiger partial charge is 0.269 e. The van der Waals surface area contributed by atoms with Gasteiger partial charge in [-0.25, -0.2) is 0 Å². The van der Waals surface area contributed by atoms with Gasteiger partial charge in [-0.15, -0.1) is 0 Å². The molecule has 1 aliphatic rings. The van der Waals surface area contributed by atoms with Crippen LogP contribution in [-0.4, -0.2) is 38.7 Å². The molecule has 2 aromatic rings. The number of carbonyl (C=O) groups excluding carboxylic acids is 2. The van der Waals surface area contributed by atoms with Gasteiger partial charge in [-0.05, 0) is 61.1 Å². The number of halogens is 1. The van der Waals surface area contributed by atoms with E-state index in [-0.39, 0.29) is 5.91 Å². The average molecular weight is 475 g/mol. The molecule has 2 N–H and O–H groups in total. The molecule has 0 atom stereocenters. The van der Waals surface area contributed by atoms with Crippen molar-refractivity contribution in [2.75, 3.05) is 26.9 Å². The van der Waals surface area contributed by atoms with Gasteiger partial charge in [-0.2, -0.15) is 0 Å². The first-order valence-electron chi connectivity index (χ1n) is 11.1. The lowest BCUT2D eigenvalue weighted by molar-refractivity contribution is -0.131. The number of nitrogens with one attached hydrogen (secondary N) is 2. The van der Waals surface area contributed by atoms with Crippen molar-refractivity contribution in [3.63, 3.8) is 0 Å². The highest BCUT2D eigenvalue weighted by atomic mass is 35.5. The van der Waals surface area contributed by atoms with Gasteiger partial charge in [0.15, 0.2) is 11.5 Å². The molecule has 2 amide bonds. The molecule has 3 rings (SSSR count). The summed E-state index contributed by atoms with van der Waals surface area (Å²) in [6.45, 7) is 5.73. The predicted molar refractivity (Wildman–Crippen MR) is 127 cm³/mol. The molecule has 0 spiro atoms. The molecule has 0 saturated carbocycles. The monoisotopic (exact) mass is 474 g/mol. The number of hydrazine groups is 1. The summed E-state index contributed by atoms with van der Waals surface area (Å²) in [5.41, 5.74) is 5.51. The van der Waals surface area contributed by atoms with Crippen LogP contribution in [0, 0.1) is 5.92 Å². The zero-order chi connectivity index (χ0) is 23.8. The quantitative estimate of drug-likeness (QED) is 0.557. The van der Waals surface area contributed by atoms with E-state index in [1.807, 2.05) is 12.1 Å². The molecule has 0 unspecified atom stereocenters. The van der Waals surface area contributed by atoms with E-state index in [0.29, 0.717) is 60.7 Å². The maximum atomic E-state index is 13.2. The third-order valence-corrected chi connectivity index (χ3v) is 6.10. The van der Waals surface area contributed by atoms with Crippen molar-refractivity contribution in [2.45, 2.75) is 38.5 Å². The topological polar surface area (TPSA) is 85.9 Å². The lowest BCUT2D eigenvalue weighted by Crippen LogP contribution is -2.53. The van der Waals surface area contributed by atoms with Gasteiger partial charge in [0, 0.05) is 23.8 Å². The number of hydrogen-bond acceptors (Lipinski definition) is 5. The minimum Gasteiger partial charge on any atom is -0.493 e. The second-order valence-corrected chi connectivity index (χ2v) is 8.94. The Kier molecular flexibility index (Phi) is 8.58. The normalized spacial score (nSPS) is 15.1. The predicted octanol–water partition coefficient (Wildman–Crippen LogP) is 4.28. The van der Waals surface area contributed by atoms with E-state index in [9.17, 15) is 9.59 Å². The molecule has 0 aromatic heterocycles. The van der Waals surface area contributed by atoms with Gasteiger partial charge < -0.3 is 14.2 Å². The number of rotatable bonds is 8. The van der Waals surface area contributed by atoms with E-state index < -0.39 is 11.3 Å². The van der Waals surface area contributed by atoms with Crippen LogP contribution in [-0.2, 0) is 14.9 Å². The Labute approximate surface area is 199 Å². The van der Waals surface area contributed by atoms with E-state index in [4.69, 9.17) is 25.8 Å². The fourth-order valence-electron chi connectivity index (χ4n) is 3.77. The highest BCUT2D eigenvalue weighted by Gasteiger charge is 2.42. The summed E-state index contributed by atoms with van der Waals surface area (Å²) in [7, 11) is 1.52. The summed E-state index contributed by atoms with van der Waals surface area (Å²) in [6.07, 6.45) is 1.93. The van der Waals surface area contributed by atoms with Crippen molar-refractivity contribution in [1.29, 1.82) is 0 Å². The molecule has 1 saturated heterocycles. The Bertz CT molecular complexity index is 956. The third kappa shape index (κ3) is 6.18. The summed E-state index contributed by atoms with van der Waals surface area (Å²) in [5, 5.41) is 0.597. The molecule has 1 fully saturated rings. The summed E-state index contributed by atoms with van der Waals surface area (Å²) in [4.78, 5) is 26.0. The van der Waals surface area contributed by atoms with Crippen molar-refractivity contribution in [3.8, 4) is 11.5 Å². The molecule has 178 valence electrons. The first-order chi connectivity index (χ1) is 15.9. The lowest BCUT2D eigenvalue weighted by Gasteiger charge is -2.36. The van der Waals surface area contributed by atoms with Crippen LogP contribution in [0.4, 0.5) is 0 Å². The fourth-order valence-corrected chi connectivity index (χ4v) is 3.90. The minimum absolute atomic E-state index is 0.290. The number of amides is 2. The standard InChI is InChI=1S/C25H31ClN2O5/c1-17(2)10-13-33-21-9-4-18(16-22(21)31-3)23(29)27-28-24(30)25(11-14-32-15-12-25)19-5-7-20(26)8-6-19/h4-9,16-17H,10-15H2,1-3H3,(H,27,29)(H,28,30). The fraction of sp³-hybridized carbons (Fsp3) is 0.440. The largest absolute Gasteiger partial charge is 0.493 e. The van der Waals surface area contributed by atoms with Crippen LogP contribution >= 0.6 is 11.6 Å². The van der Waals surface area contributed by atoms with Gasteiger partial charge in [-0.3, -0.25) is 20.4 Å². The van der Waals surface area contributed by atoms with Crippen LogP contribution in [0.2, 0.25) is 5.02 Å². The number of benzene rings is 2. The lowest BCUT2D eigenvalue weighted by atomic mass is 9.73. The zero-order valence-electron chi connectivity index (χ0n) is 19.3. The third-order valence-electron chi connectivity index (χ3n) is 5.85. The molecule has 33 heavy (non-hydrogen) atoms. The van der Waals surface area contributed by atoms with Crippen LogP contribution in [0.3, 0.4) is 0 Å². The number of carbonyl (C=O) groups is 2. The van der Waals surface area contributed by atoms with Crippen molar-refractivity contribution in [1.82, 2.24) is 10.9 Å². The average Bonchev–Trinajstić information content (AvgIpc) is 2.83. The number of methoxy groups -OCH3 is 1. The Morgan fingerprint density at radius 2 is 1.76 bits per heavy atom. The Hall–Kier alpha value is -2.77. The highest BCUT2D eigenvalue weighted by Crippen LogP contribution is 2.35. The molecule has 8 heteroatoms. The van der Waals surface area contributed by atoms with Gasteiger partial charge >= 0.3 is 0 Å². The first-order valence-corrected chi connectivity index (χ1v) is 11.5. The van der Waals surface area contributed by atoms with E-state index >= 15 is 0 Å². The molecule has 0 aliphatic carbocycles. The zero-order valence-corrected chi connectivity index (χ0v) is 20.0. The van der Waals surface area contributed by atoms with Gasteiger partial charge in [0.1, 0.15) is 0 Å². The summed E-state index contributed by atoms with van der Waals surface area (Å²) < 4.78 is 16.6. The Balaban J connectivity index is 1.68.